The summed E-state index contributed by atoms with van der Waals surface area (Å²) in [6.45, 7) is 7.65. The number of methoxy groups -OCH3 is 1. The molecule has 0 radical (unpaired) electrons. The van der Waals surface area contributed by atoms with Crippen LogP contribution < -0.4 is 10.1 Å². The molecule has 0 unspecified atom stereocenters. The van der Waals surface area contributed by atoms with E-state index in [1.165, 1.54) is 23.9 Å². The lowest BCUT2D eigenvalue weighted by atomic mass is 10.1. The molecule has 0 saturated carbocycles. The minimum absolute atomic E-state index is 0.139. The molecular weight excluding hydrogens is 415 g/mol. The number of nitrogens with zero attached hydrogens (tertiary/aromatic N) is 1. The summed E-state index contributed by atoms with van der Waals surface area (Å²) in [4.78, 5) is 27.3. The molecule has 0 fully saturated rings. The zero-order valence-corrected chi connectivity index (χ0v) is 19.6. The van der Waals surface area contributed by atoms with Crippen molar-refractivity contribution >= 4 is 23.6 Å². The molecule has 31 heavy (non-hydrogen) atoms. The molecule has 2 rings (SSSR count). The summed E-state index contributed by atoms with van der Waals surface area (Å²) < 4.78 is 18.4. The van der Waals surface area contributed by atoms with Crippen molar-refractivity contribution in [1.29, 1.82) is 0 Å². The van der Waals surface area contributed by atoms with Crippen LogP contribution in [0.2, 0.25) is 0 Å². The van der Waals surface area contributed by atoms with Crippen molar-refractivity contribution in [1.82, 2.24) is 10.2 Å². The van der Waals surface area contributed by atoms with Crippen LogP contribution in [-0.2, 0) is 21.9 Å². The van der Waals surface area contributed by atoms with E-state index in [1.54, 1.807) is 31.1 Å². The molecule has 7 heteroatoms. The zero-order valence-electron chi connectivity index (χ0n) is 18.8. The van der Waals surface area contributed by atoms with Crippen molar-refractivity contribution in [3.63, 3.8) is 0 Å². The van der Waals surface area contributed by atoms with Gasteiger partial charge in [-0.15, -0.1) is 11.8 Å². The van der Waals surface area contributed by atoms with Crippen molar-refractivity contribution in [3.05, 3.63) is 65.5 Å². The molecule has 0 aromatic heterocycles. The number of amides is 2. The fourth-order valence-electron chi connectivity index (χ4n) is 2.90. The smallest absolute Gasteiger partial charge is 0.242 e. The van der Waals surface area contributed by atoms with Crippen LogP contribution in [0.3, 0.4) is 0 Å². The highest BCUT2D eigenvalue weighted by Gasteiger charge is 2.28. The molecule has 2 aromatic carbocycles. The summed E-state index contributed by atoms with van der Waals surface area (Å²) in [6, 6.07) is 13.0. The number of halogens is 1. The average molecular weight is 447 g/mol. The van der Waals surface area contributed by atoms with Crippen LogP contribution in [0.15, 0.2) is 48.5 Å². The maximum Gasteiger partial charge on any atom is 0.242 e. The monoisotopic (exact) mass is 446 g/mol. The number of carbonyl (C=O) groups is 2. The van der Waals surface area contributed by atoms with Gasteiger partial charge in [0.15, 0.2) is 0 Å². The summed E-state index contributed by atoms with van der Waals surface area (Å²) in [6.07, 6.45) is 0. The molecule has 0 aliphatic rings. The fourth-order valence-corrected chi connectivity index (χ4v) is 3.77. The van der Waals surface area contributed by atoms with E-state index < -0.39 is 11.6 Å². The predicted octanol–water partition coefficient (Wildman–Crippen LogP) is 4.40. The van der Waals surface area contributed by atoms with Crippen molar-refractivity contribution in [2.75, 3.05) is 12.9 Å². The average Bonchev–Trinajstić information content (AvgIpc) is 2.72. The Balaban J connectivity index is 2.06. The lowest BCUT2D eigenvalue weighted by Gasteiger charge is -2.31. The fraction of sp³-hybridized carbons (Fsp3) is 0.417. The van der Waals surface area contributed by atoms with E-state index in [1.807, 2.05) is 45.0 Å². The van der Waals surface area contributed by atoms with Crippen molar-refractivity contribution < 1.29 is 18.7 Å². The Morgan fingerprint density at radius 1 is 1.06 bits per heavy atom. The van der Waals surface area contributed by atoms with Crippen LogP contribution in [0.1, 0.15) is 38.8 Å². The van der Waals surface area contributed by atoms with E-state index in [0.29, 0.717) is 5.75 Å². The third-order valence-electron chi connectivity index (χ3n) is 4.58. The van der Waals surface area contributed by atoms with E-state index in [9.17, 15) is 14.0 Å². The Labute approximate surface area is 188 Å². The number of carbonyl (C=O) groups excluding carboxylic acids is 2. The Morgan fingerprint density at radius 2 is 1.65 bits per heavy atom. The molecule has 0 aliphatic heterocycles. The van der Waals surface area contributed by atoms with Crippen molar-refractivity contribution in [3.8, 4) is 5.75 Å². The third-order valence-corrected chi connectivity index (χ3v) is 5.57. The molecule has 2 aromatic rings. The first-order chi connectivity index (χ1) is 14.6. The van der Waals surface area contributed by atoms with Gasteiger partial charge in [0, 0.05) is 17.8 Å². The number of ether oxygens (including phenoxy) is 1. The highest BCUT2D eigenvalue weighted by molar-refractivity contribution is 7.99. The zero-order chi connectivity index (χ0) is 23.0. The molecule has 2 amide bonds. The molecule has 1 atom stereocenters. The lowest BCUT2D eigenvalue weighted by molar-refractivity contribution is -0.139. The topological polar surface area (TPSA) is 58.6 Å². The Kier molecular flexibility index (Phi) is 8.92. The molecule has 1 N–H and O–H groups in total. The van der Waals surface area contributed by atoms with Gasteiger partial charge in [0.2, 0.25) is 11.8 Å². The van der Waals surface area contributed by atoms with Crippen LogP contribution in [-0.4, -0.2) is 41.2 Å². The normalized spacial score (nSPS) is 12.2. The molecule has 5 nitrogen and oxygen atoms in total. The number of hydrogen-bond acceptors (Lipinski definition) is 4. The van der Waals surface area contributed by atoms with Gasteiger partial charge in [0.05, 0.1) is 12.9 Å². The predicted molar refractivity (Wildman–Crippen MR) is 123 cm³/mol. The molecule has 0 heterocycles. The molecular formula is C24H31FN2O3S. The SMILES string of the molecule is COc1ccc(CSCC(=O)N(Cc2ccc(F)cc2)[C@H](C)C(=O)NC(C)(C)C)cc1. The standard InChI is InChI=1S/C24H31FN2O3S/c1-17(23(29)26-24(2,3)4)27(14-18-6-10-20(25)11-7-18)22(28)16-31-15-19-8-12-21(30-5)13-9-19/h6-13,17H,14-16H2,1-5H3,(H,26,29)/t17-/m1/s1. The van der Waals surface area contributed by atoms with Gasteiger partial charge in [0.1, 0.15) is 17.6 Å². The van der Waals surface area contributed by atoms with Gasteiger partial charge in [-0.1, -0.05) is 24.3 Å². The number of rotatable bonds is 9. The van der Waals surface area contributed by atoms with Gasteiger partial charge < -0.3 is 15.0 Å². The number of nitrogens with one attached hydrogen (secondary N) is 1. The van der Waals surface area contributed by atoms with Gasteiger partial charge >= 0.3 is 0 Å². The van der Waals surface area contributed by atoms with E-state index in [0.717, 1.165) is 16.9 Å². The lowest BCUT2D eigenvalue weighted by Crippen LogP contribution is -2.52. The number of benzene rings is 2. The van der Waals surface area contributed by atoms with E-state index in [4.69, 9.17) is 4.74 Å². The molecule has 0 spiro atoms. The first kappa shape index (κ1) is 24.7. The summed E-state index contributed by atoms with van der Waals surface area (Å²) in [5.74, 6) is 0.995. The first-order valence-electron chi connectivity index (χ1n) is 10.2. The van der Waals surface area contributed by atoms with Gasteiger partial charge in [-0.25, -0.2) is 4.39 Å². The highest BCUT2D eigenvalue weighted by atomic mass is 32.2. The molecule has 0 aliphatic carbocycles. The van der Waals surface area contributed by atoms with Gasteiger partial charge in [-0.3, -0.25) is 9.59 Å². The maximum absolute atomic E-state index is 13.3. The van der Waals surface area contributed by atoms with Gasteiger partial charge in [-0.05, 0) is 63.1 Å². The Bertz CT molecular complexity index is 864. The maximum atomic E-state index is 13.3. The summed E-state index contributed by atoms with van der Waals surface area (Å²) >= 11 is 1.49. The minimum atomic E-state index is -0.654. The number of hydrogen-bond donors (Lipinski definition) is 1. The second-order valence-electron chi connectivity index (χ2n) is 8.40. The van der Waals surface area contributed by atoms with E-state index in [2.05, 4.69) is 5.32 Å². The first-order valence-corrected chi connectivity index (χ1v) is 11.3. The van der Waals surface area contributed by atoms with Crippen LogP contribution >= 0.6 is 11.8 Å². The van der Waals surface area contributed by atoms with Crippen LogP contribution in [0.5, 0.6) is 5.75 Å². The van der Waals surface area contributed by atoms with E-state index in [-0.39, 0.29) is 29.9 Å². The molecule has 0 bridgehead atoms. The van der Waals surface area contributed by atoms with Gasteiger partial charge in [0.25, 0.3) is 0 Å². The third kappa shape index (κ3) is 8.25. The second-order valence-corrected chi connectivity index (χ2v) is 9.39. The van der Waals surface area contributed by atoms with Crippen LogP contribution in [0.4, 0.5) is 4.39 Å². The molecule has 0 saturated heterocycles. The minimum Gasteiger partial charge on any atom is -0.497 e. The summed E-state index contributed by atoms with van der Waals surface area (Å²) in [7, 11) is 1.62. The Morgan fingerprint density at radius 3 is 2.19 bits per heavy atom. The summed E-state index contributed by atoms with van der Waals surface area (Å²) in [5, 5.41) is 2.93. The van der Waals surface area contributed by atoms with E-state index >= 15 is 0 Å². The highest BCUT2D eigenvalue weighted by Crippen LogP contribution is 2.19. The van der Waals surface area contributed by atoms with Gasteiger partial charge in [-0.2, -0.15) is 0 Å². The number of thioether (sulfide) groups is 1. The largest absolute Gasteiger partial charge is 0.497 e. The van der Waals surface area contributed by atoms with Crippen molar-refractivity contribution in [2.45, 2.75) is 51.6 Å². The van der Waals surface area contributed by atoms with Crippen LogP contribution in [0.25, 0.3) is 0 Å². The second kappa shape index (κ2) is 11.2. The summed E-state index contributed by atoms with van der Waals surface area (Å²) in [5.41, 5.74) is 1.45. The Hall–Kier alpha value is -2.54. The quantitative estimate of drug-likeness (QED) is 0.620. The van der Waals surface area contributed by atoms with Crippen LogP contribution in [0, 0.1) is 5.82 Å². The molecule has 168 valence electrons. The van der Waals surface area contributed by atoms with Crippen molar-refractivity contribution in [2.24, 2.45) is 0 Å².